The van der Waals surface area contributed by atoms with Crippen molar-refractivity contribution in [3.8, 4) is 0 Å². The molecule has 1 rings (SSSR count). The SMILES string of the molecule is CCC(C)C(C)(O)c1cc(C)cnc1N. The quantitative estimate of drug-likeness (QED) is 0.800. The number of nitrogens with zero attached hydrogens (tertiary/aromatic N) is 1. The minimum absolute atomic E-state index is 0.156. The predicted molar refractivity (Wildman–Crippen MR) is 62.4 cm³/mol. The van der Waals surface area contributed by atoms with Gasteiger partial charge in [-0.3, -0.25) is 0 Å². The van der Waals surface area contributed by atoms with Crippen LogP contribution in [0.1, 0.15) is 38.3 Å². The molecule has 1 aromatic heterocycles. The second kappa shape index (κ2) is 4.19. The van der Waals surface area contributed by atoms with E-state index in [1.54, 1.807) is 13.1 Å². The monoisotopic (exact) mass is 208 g/mol. The lowest BCUT2D eigenvalue weighted by Gasteiger charge is -2.31. The maximum Gasteiger partial charge on any atom is 0.129 e. The van der Waals surface area contributed by atoms with Crippen molar-refractivity contribution in [2.24, 2.45) is 5.92 Å². The lowest BCUT2D eigenvalue weighted by molar-refractivity contribution is 0.000443. The van der Waals surface area contributed by atoms with Gasteiger partial charge in [0.2, 0.25) is 0 Å². The Hall–Kier alpha value is -1.09. The van der Waals surface area contributed by atoms with Gasteiger partial charge in [-0.25, -0.2) is 4.98 Å². The second-order valence-electron chi connectivity index (χ2n) is 4.40. The maximum absolute atomic E-state index is 10.4. The molecule has 1 aromatic rings. The molecule has 0 aromatic carbocycles. The first-order valence-corrected chi connectivity index (χ1v) is 5.34. The van der Waals surface area contributed by atoms with Crippen molar-refractivity contribution in [1.29, 1.82) is 0 Å². The molecule has 1 heterocycles. The number of nitrogen functional groups attached to an aromatic ring is 1. The van der Waals surface area contributed by atoms with Crippen LogP contribution < -0.4 is 5.73 Å². The number of rotatable bonds is 3. The van der Waals surface area contributed by atoms with E-state index in [4.69, 9.17) is 5.73 Å². The molecule has 0 aliphatic carbocycles. The van der Waals surface area contributed by atoms with Crippen LogP contribution in [0.25, 0.3) is 0 Å². The second-order valence-corrected chi connectivity index (χ2v) is 4.40. The van der Waals surface area contributed by atoms with Crippen molar-refractivity contribution in [2.45, 2.75) is 39.7 Å². The molecule has 15 heavy (non-hydrogen) atoms. The van der Waals surface area contributed by atoms with E-state index in [0.717, 1.165) is 17.5 Å². The van der Waals surface area contributed by atoms with Gasteiger partial charge in [0.05, 0.1) is 5.60 Å². The van der Waals surface area contributed by atoms with Crippen LogP contribution in [0.4, 0.5) is 5.82 Å². The van der Waals surface area contributed by atoms with Gasteiger partial charge in [0.25, 0.3) is 0 Å². The average Bonchev–Trinajstić information content (AvgIpc) is 2.20. The standard InChI is InChI=1S/C12H20N2O/c1-5-9(3)12(4,15)10-6-8(2)7-14-11(10)13/h6-7,9,15H,5H2,1-4H3,(H2,13,14). The zero-order valence-corrected chi connectivity index (χ0v) is 9.91. The molecule has 0 fully saturated rings. The first-order chi connectivity index (χ1) is 6.89. The number of anilines is 1. The lowest BCUT2D eigenvalue weighted by atomic mass is 9.82. The molecular weight excluding hydrogens is 188 g/mol. The zero-order valence-electron chi connectivity index (χ0n) is 9.91. The largest absolute Gasteiger partial charge is 0.385 e. The van der Waals surface area contributed by atoms with E-state index >= 15 is 0 Å². The third-order valence-corrected chi connectivity index (χ3v) is 3.17. The lowest BCUT2D eigenvalue weighted by Crippen LogP contribution is -2.31. The highest BCUT2D eigenvalue weighted by molar-refractivity contribution is 5.44. The summed E-state index contributed by atoms with van der Waals surface area (Å²) < 4.78 is 0. The van der Waals surface area contributed by atoms with Crippen LogP contribution in [0, 0.1) is 12.8 Å². The van der Waals surface area contributed by atoms with Crippen molar-refractivity contribution < 1.29 is 5.11 Å². The molecule has 0 saturated carbocycles. The topological polar surface area (TPSA) is 59.1 Å². The summed E-state index contributed by atoms with van der Waals surface area (Å²) in [6.45, 7) is 7.82. The summed E-state index contributed by atoms with van der Waals surface area (Å²) in [5.74, 6) is 0.578. The van der Waals surface area contributed by atoms with Gasteiger partial charge in [0, 0.05) is 11.8 Å². The van der Waals surface area contributed by atoms with Gasteiger partial charge in [-0.15, -0.1) is 0 Å². The minimum atomic E-state index is -0.905. The van der Waals surface area contributed by atoms with Gasteiger partial charge in [0.1, 0.15) is 5.82 Å². The fraction of sp³-hybridized carbons (Fsp3) is 0.583. The molecule has 2 unspecified atom stereocenters. The zero-order chi connectivity index (χ0) is 11.6. The molecule has 0 radical (unpaired) electrons. The molecule has 0 aliphatic rings. The molecule has 0 aliphatic heterocycles. The van der Waals surface area contributed by atoms with Crippen LogP contribution in [0.3, 0.4) is 0 Å². The highest BCUT2D eigenvalue weighted by Gasteiger charge is 2.31. The van der Waals surface area contributed by atoms with Gasteiger partial charge >= 0.3 is 0 Å². The van der Waals surface area contributed by atoms with Gasteiger partial charge in [-0.2, -0.15) is 0 Å². The first kappa shape index (κ1) is 12.0. The Labute approximate surface area is 91.3 Å². The van der Waals surface area contributed by atoms with Gasteiger partial charge in [0.15, 0.2) is 0 Å². The molecule has 0 spiro atoms. The Morgan fingerprint density at radius 1 is 1.60 bits per heavy atom. The summed E-state index contributed by atoms with van der Waals surface area (Å²) in [6.07, 6.45) is 2.62. The van der Waals surface area contributed by atoms with Gasteiger partial charge in [-0.1, -0.05) is 20.3 Å². The molecule has 3 heteroatoms. The van der Waals surface area contributed by atoms with Gasteiger partial charge < -0.3 is 10.8 Å². The number of aryl methyl sites for hydroxylation is 1. The molecule has 0 saturated heterocycles. The molecular formula is C12H20N2O. The normalized spacial score (nSPS) is 17.1. The molecule has 3 nitrogen and oxygen atoms in total. The molecule has 3 N–H and O–H groups in total. The maximum atomic E-state index is 10.4. The number of aliphatic hydroxyl groups is 1. The van der Waals surface area contributed by atoms with E-state index in [1.165, 1.54) is 0 Å². The minimum Gasteiger partial charge on any atom is -0.385 e. The van der Waals surface area contributed by atoms with Crippen LogP contribution >= 0.6 is 0 Å². The molecule has 2 atom stereocenters. The van der Waals surface area contributed by atoms with E-state index in [0.29, 0.717) is 5.82 Å². The Balaban J connectivity index is 3.19. The van der Waals surface area contributed by atoms with E-state index in [-0.39, 0.29) is 5.92 Å². The summed E-state index contributed by atoms with van der Waals surface area (Å²) >= 11 is 0. The van der Waals surface area contributed by atoms with Crippen LogP contribution in [-0.4, -0.2) is 10.1 Å². The van der Waals surface area contributed by atoms with Crippen molar-refractivity contribution in [2.75, 3.05) is 5.73 Å². The Kier molecular flexibility index (Phi) is 3.35. The van der Waals surface area contributed by atoms with Crippen molar-refractivity contribution in [1.82, 2.24) is 4.98 Å². The summed E-state index contributed by atoms with van der Waals surface area (Å²) in [5, 5.41) is 10.4. The summed E-state index contributed by atoms with van der Waals surface area (Å²) in [5.41, 5.74) is 6.64. The Morgan fingerprint density at radius 3 is 2.73 bits per heavy atom. The van der Waals surface area contributed by atoms with Crippen molar-refractivity contribution in [3.05, 3.63) is 23.4 Å². The van der Waals surface area contributed by atoms with Crippen molar-refractivity contribution in [3.63, 3.8) is 0 Å². The fourth-order valence-corrected chi connectivity index (χ4v) is 1.65. The highest BCUT2D eigenvalue weighted by Crippen LogP contribution is 2.34. The van der Waals surface area contributed by atoms with E-state index in [9.17, 15) is 5.11 Å². The summed E-state index contributed by atoms with van der Waals surface area (Å²) in [7, 11) is 0. The summed E-state index contributed by atoms with van der Waals surface area (Å²) in [6, 6.07) is 1.91. The predicted octanol–water partition coefficient (Wildman–Crippen LogP) is 2.23. The highest BCUT2D eigenvalue weighted by atomic mass is 16.3. The number of nitrogens with two attached hydrogens (primary N) is 1. The van der Waals surface area contributed by atoms with Gasteiger partial charge in [-0.05, 0) is 31.4 Å². The van der Waals surface area contributed by atoms with Crippen molar-refractivity contribution >= 4 is 5.82 Å². The third kappa shape index (κ3) is 2.29. The smallest absolute Gasteiger partial charge is 0.129 e. The number of aromatic nitrogens is 1. The average molecular weight is 208 g/mol. The fourth-order valence-electron chi connectivity index (χ4n) is 1.65. The number of hydrogen-bond donors (Lipinski definition) is 2. The Bertz CT molecular complexity index is 347. The van der Waals surface area contributed by atoms with E-state index < -0.39 is 5.60 Å². The van der Waals surface area contributed by atoms with E-state index in [1.807, 2.05) is 19.9 Å². The summed E-state index contributed by atoms with van der Waals surface area (Å²) in [4.78, 5) is 4.08. The first-order valence-electron chi connectivity index (χ1n) is 5.34. The molecule has 84 valence electrons. The van der Waals surface area contributed by atoms with E-state index in [2.05, 4.69) is 11.9 Å². The van der Waals surface area contributed by atoms with Crippen LogP contribution in [0.2, 0.25) is 0 Å². The number of hydrogen-bond acceptors (Lipinski definition) is 3. The molecule has 0 amide bonds. The van der Waals surface area contributed by atoms with Crippen LogP contribution in [0.5, 0.6) is 0 Å². The van der Waals surface area contributed by atoms with Crippen LogP contribution in [-0.2, 0) is 5.60 Å². The third-order valence-electron chi connectivity index (χ3n) is 3.17. The molecule has 0 bridgehead atoms. The Morgan fingerprint density at radius 2 is 2.20 bits per heavy atom. The van der Waals surface area contributed by atoms with Crippen LogP contribution in [0.15, 0.2) is 12.3 Å². The number of pyridine rings is 1.